The minimum Gasteiger partial charge on any atom is -0.462 e. The molecule has 1 aromatic carbocycles. The van der Waals surface area contributed by atoms with Gasteiger partial charge in [0.25, 0.3) is 0 Å². The van der Waals surface area contributed by atoms with Gasteiger partial charge in [-0.05, 0) is 31.5 Å². The van der Waals surface area contributed by atoms with E-state index in [1.807, 2.05) is 4.57 Å². The Kier molecular flexibility index (Phi) is 7.04. The van der Waals surface area contributed by atoms with E-state index in [0.29, 0.717) is 11.1 Å². The van der Waals surface area contributed by atoms with Crippen LogP contribution in [0, 0.1) is 0 Å². The molecule has 2 rings (SSSR count). The number of nitrogen functional groups attached to an aromatic ring is 1. The van der Waals surface area contributed by atoms with Gasteiger partial charge in [0.1, 0.15) is 5.56 Å². The van der Waals surface area contributed by atoms with Gasteiger partial charge in [0.15, 0.2) is 0 Å². The molecule has 0 bridgehead atoms. The van der Waals surface area contributed by atoms with E-state index in [4.69, 9.17) is 10.5 Å². The lowest BCUT2D eigenvalue weighted by atomic mass is 10.1. The van der Waals surface area contributed by atoms with E-state index in [1.165, 1.54) is 25.7 Å². The van der Waals surface area contributed by atoms with Gasteiger partial charge in [-0.1, -0.05) is 39.0 Å². The summed E-state index contributed by atoms with van der Waals surface area (Å²) in [4.78, 5) is 24.7. The highest BCUT2D eigenvalue weighted by Gasteiger charge is 2.16. The Morgan fingerprint density at radius 2 is 1.84 bits per heavy atom. The number of aryl methyl sites for hydroxylation is 1. The van der Waals surface area contributed by atoms with Crippen molar-refractivity contribution in [3.05, 3.63) is 40.2 Å². The van der Waals surface area contributed by atoms with E-state index < -0.39 is 5.97 Å². The molecule has 0 amide bonds. The number of carbonyl (C=O) groups excluding carboxylic acids is 1. The van der Waals surface area contributed by atoms with Gasteiger partial charge in [-0.3, -0.25) is 4.79 Å². The van der Waals surface area contributed by atoms with Gasteiger partial charge >= 0.3 is 5.97 Å². The average Bonchev–Trinajstić information content (AvgIpc) is 2.59. The maximum absolute atomic E-state index is 12.6. The molecule has 0 spiro atoms. The molecule has 5 heteroatoms. The summed E-state index contributed by atoms with van der Waals surface area (Å²) in [6, 6.07) is 5.17. The number of esters is 1. The Bertz CT molecular complexity index is 780. The van der Waals surface area contributed by atoms with Gasteiger partial charge in [0.05, 0.1) is 12.1 Å². The summed E-state index contributed by atoms with van der Waals surface area (Å²) in [6.07, 6.45) is 8.70. The Hall–Kier alpha value is -2.30. The lowest BCUT2D eigenvalue weighted by molar-refractivity contribution is 0.0524. The fourth-order valence-corrected chi connectivity index (χ4v) is 3.01. The number of nitrogens with two attached hydrogens (primary N) is 1. The quantitative estimate of drug-likeness (QED) is 0.422. The van der Waals surface area contributed by atoms with Crippen molar-refractivity contribution in [2.45, 2.75) is 58.9 Å². The number of hydrogen-bond donors (Lipinski definition) is 1. The van der Waals surface area contributed by atoms with Gasteiger partial charge in [0.2, 0.25) is 5.43 Å². The molecule has 0 radical (unpaired) electrons. The summed E-state index contributed by atoms with van der Waals surface area (Å²) in [7, 11) is 0. The van der Waals surface area contributed by atoms with Crippen LogP contribution in [0.25, 0.3) is 10.9 Å². The third-order valence-electron chi connectivity index (χ3n) is 4.35. The normalized spacial score (nSPS) is 11.0. The second-order valence-electron chi connectivity index (χ2n) is 6.33. The van der Waals surface area contributed by atoms with Crippen molar-refractivity contribution in [3.8, 4) is 0 Å². The number of fused-ring (bicyclic) bond motifs is 1. The molecular formula is C20H28N2O3. The molecular weight excluding hydrogens is 316 g/mol. The molecule has 0 saturated carbocycles. The molecule has 0 unspecified atom stereocenters. The van der Waals surface area contributed by atoms with Crippen molar-refractivity contribution >= 4 is 22.6 Å². The van der Waals surface area contributed by atoms with Crippen LogP contribution in [0.3, 0.4) is 0 Å². The first-order chi connectivity index (χ1) is 12.1. The first kappa shape index (κ1) is 19.0. The van der Waals surface area contributed by atoms with Gasteiger partial charge in [-0.2, -0.15) is 0 Å². The van der Waals surface area contributed by atoms with Crippen molar-refractivity contribution in [1.82, 2.24) is 4.57 Å². The van der Waals surface area contributed by atoms with Crippen LogP contribution in [0.5, 0.6) is 0 Å². The Labute approximate surface area is 148 Å². The highest BCUT2D eigenvalue weighted by molar-refractivity contribution is 5.94. The predicted octanol–water partition coefficient (Wildman–Crippen LogP) is 4.12. The average molecular weight is 344 g/mol. The van der Waals surface area contributed by atoms with Gasteiger partial charge in [-0.15, -0.1) is 0 Å². The second kappa shape index (κ2) is 9.25. The predicted molar refractivity (Wildman–Crippen MR) is 102 cm³/mol. The highest BCUT2D eigenvalue weighted by atomic mass is 16.5. The number of rotatable bonds is 9. The number of pyridine rings is 1. The smallest absolute Gasteiger partial charge is 0.343 e. The van der Waals surface area contributed by atoms with Crippen molar-refractivity contribution in [2.75, 3.05) is 12.3 Å². The number of benzene rings is 1. The fraction of sp³-hybridized carbons (Fsp3) is 0.500. The number of nitrogens with zero attached hydrogens (tertiary/aromatic N) is 1. The first-order valence-corrected chi connectivity index (χ1v) is 9.18. The van der Waals surface area contributed by atoms with Crippen molar-refractivity contribution < 1.29 is 9.53 Å². The zero-order valence-corrected chi connectivity index (χ0v) is 15.2. The number of carbonyl (C=O) groups is 1. The summed E-state index contributed by atoms with van der Waals surface area (Å²) >= 11 is 0. The lowest BCUT2D eigenvalue weighted by Gasteiger charge is -2.13. The molecule has 0 saturated heterocycles. The monoisotopic (exact) mass is 344 g/mol. The highest BCUT2D eigenvalue weighted by Crippen LogP contribution is 2.17. The Balaban J connectivity index is 2.29. The van der Waals surface area contributed by atoms with Crippen LogP contribution in [0.15, 0.2) is 29.2 Å². The minimum absolute atomic E-state index is 0.0881. The topological polar surface area (TPSA) is 74.3 Å². The molecule has 5 nitrogen and oxygen atoms in total. The minimum atomic E-state index is -0.567. The molecule has 1 aromatic heterocycles. The number of hydrogen-bond acceptors (Lipinski definition) is 4. The molecule has 1 heterocycles. The zero-order chi connectivity index (χ0) is 18.2. The van der Waals surface area contributed by atoms with Crippen LogP contribution in [0.2, 0.25) is 0 Å². The standard InChI is InChI=1S/C20H28N2O3/c1-3-5-6-7-8-9-12-22-14-17(20(24)25-4-2)19(23)16-11-10-15(21)13-18(16)22/h10-11,13-14H,3-9,12,21H2,1-2H3. The van der Waals surface area contributed by atoms with Gasteiger partial charge in [0, 0.05) is 23.8 Å². The van der Waals surface area contributed by atoms with E-state index in [1.54, 1.807) is 31.3 Å². The summed E-state index contributed by atoms with van der Waals surface area (Å²) < 4.78 is 6.99. The van der Waals surface area contributed by atoms with Gasteiger partial charge < -0.3 is 15.0 Å². The van der Waals surface area contributed by atoms with E-state index >= 15 is 0 Å². The molecule has 0 atom stereocenters. The first-order valence-electron chi connectivity index (χ1n) is 9.18. The summed E-state index contributed by atoms with van der Waals surface area (Å²) in [5, 5.41) is 0.505. The molecule has 2 N–H and O–H groups in total. The zero-order valence-electron chi connectivity index (χ0n) is 15.2. The number of anilines is 1. The summed E-state index contributed by atoms with van der Waals surface area (Å²) in [5.74, 6) is -0.567. The van der Waals surface area contributed by atoms with Crippen LogP contribution >= 0.6 is 0 Å². The fourth-order valence-electron chi connectivity index (χ4n) is 3.01. The van der Waals surface area contributed by atoms with Gasteiger partial charge in [-0.25, -0.2) is 4.79 Å². The van der Waals surface area contributed by atoms with Crippen LogP contribution in [0.4, 0.5) is 5.69 Å². The van der Waals surface area contributed by atoms with E-state index in [-0.39, 0.29) is 17.6 Å². The largest absolute Gasteiger partial charge is 0.462 e. The lowest BCUT2D eigenvalue weighted by Crippen LogP contribution is -2.21. The van der Waals surface area contributed by atoms with Crippen LogP contribution in [-0.4, -0.2) is 17.1 Å². The number of aromatic nitrogens is 1. The molecule has 2 aromatic rings. The molecule has 0 aliphatic carbocycles. The molecule has 136 valence electrons. The van der Waals surface area contributed by atoms with E-state index in [0.717, 1.165) is 24.9 Å². The van der Waals surface area contributed by atoms with Crippen LogP contribution < -0.4 is 11.2 Å². The SMILES string of the molecule is CCCCCCCCn1cc(C(=O)OCC)c(=O)c2ccc(N)cc21. The maximum atomic E-state index is 12.6. The third kappa shape index (κ3) is 4.84. The molecule has 0 fully saturated rings. The van der Waals surface area contributed by atoms with E-state index in [9.17, 15) is 9.59 Å². The number of unbranched alkanes of at least 4 members (excludes halogenated alkanes) is 5. The third-order valence-corrected chi connectivity index (χ3v) is 4.35. The maximum Gasteiger partial charge on any atom is 0.343 e. The second-order valence-corrected chi connectivity index (χ2v) is 6.33. The van der Waals surface area contributed by atoms with Crippen molar-refractivity contribution in [1.29, 1.82) is 0 Å². The Morgan fingerprint density at radius 1 is 1.12 bits per heavy atom. The van der Waals surface area contributed by atoms with Crippen molar-refractivity contribution in [2.24, 2.45) is 0 Å². The van der Waals surface area contributed by atoms with Crippen LogP contribution in [0.1, 0.15) is 62.7 Å². The molecule has 0 aliphatic rings. The van der Waals surface area contributed by atoms with Crippen molar-refractivity contribution in [3.63, 3.8) is 0 Å². The molecule has 25 heavy (non-hydrogen) atoms. The molecule has 0 aliphatic heterocycles. The van der Waals surface area contributed by atoms with Crippen LogP contribution in [-0.2, 0) is 11.3 Å². The van der Waals surface area contributed by atoms with E-state index in [2.05, 4.69) is 6.92 Å². The Morgan fingerprint density at radius 3 is 2.56 bits per heavy atom. The number of ether oxygens (including phenoxy) is 1. The summed E-state index contributed by atoms with van der Waals surface area (Å²) in [6.45, 7) is 4.93. The summed E-state index contributed by atoms with van der Waals surface area (Å²) in [5.41, 5.74) is 7.05.